The number of hydrogen-bond acceptors (Lipinski definition) is 3. The standard InChI is InChI=1S/C7H6NO3/c9-5-6-1-3-7(4-2-6)8(10)11/h1-3,9H,5H2. The van der Waals surface area contributed by atoms with Gasteiger partial charge in [0.1, 0.15) is 0 Å². The highest BCUT2D eigenvalue weighted by Crippen LogP contribution is 2.10. The predicted octanol–water partition coefficient (Wildman–Crippen LogP) is 0.887. The van der Waals surface area contributed by atoms with Gasteiger partial charge in [-0.3, -0.25) is 10.1 Å². The van der Waals surface area contributed by atoms with Crippen LogP contribution < -0.4 is 0 Å². The maximum absolute atomic E-state index is 10.1. The van der Waals surface area contributed by atoms with Crippen LogP contribution in [0, 0.1) is 16.2 Å². The van der Waals surface area contributed by atoms with Crippen molar-refractivity contribution in [2.75, 3.05) is 0 Å². The van der Waals surface area contributed by atoms with Gasteiger partial charge in [-0.2, -0.15) is 0 Å². The van der Waals surface area contributed by atoms with Gasteiger partial charge in [0.25, 0.3) is 5.69 Å². The number of nitro benzene ring substituents is 1. The van der Waals surface area contributed by atoms with Gasteiger partial charge in [0.05, 0.1) is 17.6 Å². The fraction of sp³-hybridized carbons (Fsp3) is 0.143. The maximum atomic E-state index is 10.1. The summed E-state index contributed by atoms with van der Waals surface area (Å²) in [6.07, 6.45) is 0. The molecule has 1 aromatic rings. The molecule has 1 aromatic carbocycles. The van der Waals surface area contributed by atoms with Gasteiger partial charge in [-0.1, -0.05) is 0 Å². The second kappa shape index (κ2) is 3.12. The molecule has 0 bridgehead atoms. The molecule has 0 aliphatic heterocycles. The fourth-order valence-electron chi connectivity index (χ4n) is 0.661. The van der Waals surface area contributed by atoms with E-state index in [1.165, 1.54) is 18.2 Å². The number of benzene rings is 1. The molecule has 0 saturated carbocycles. The van der Waals surface area contributed by atoms with E-state index in [1.807, 2.05) is 0 Å². The van der Waals surface area contributed by atoms with Crippen LogP contribution in [-0.2, 0) is 6.61 Å². The zero-order chi connectivity index (χ0) is 8.27. The van der Waals surface area contributed by atoms with E-state index in [9.17, 15) is 10.1 Å². The second-order valence-electron chi connectivity index (χ2n) is 2.00. The monoisotopic (exact) mass is 152 g/mol. The van der Waals surface area contributed by atoms with Crippen molar-refractivity contribution in [2.24, 2.45) is 0 Å². The smallest absolute Gasteiger partial charge is 0.277 e. The minimum atomic E-state index is -0.527. The first kappa shape index (κ1) is 7.68. The maximum Gasteiger partial charge on any atom is 0.277 e. The average molecular weight is 152 g/mol. The number of aliphatic hydroxyl groups excluding tert-OH is 1. The zero-order valence-electron chi connectivity index (χ0n) is 5.65. The highest BCUT2D eigenvalue weighted by molar-refractivity contribution is 5.30. The summed E-state index contributed by atoms with van der Waals surface area (Å²) in [5, 5.41) is 18.7. The third kappa shape index (κ3) is 1.75. The molecule has 0 saturated heterocycles. The average Bonchev–Trinajstić information content (AvgIpc) is 2.05. The highest BCUT2D eigenvalue weighted by Gasteiger charge is 2.02. The summed E-state index contributed by atoms with van der Waals surface area (Å²) >= 11 is 0. The minimum absolute atomic E-state index is 0.0813. The van der Waals surface area contributed by atoms with Crippen LogP contribution in [0.3, 0.4) is 0 Å². The largest absolute Gasteiger partial charge is 0.392 e. The lowest BCUT2D eigenvalue weighted by molar-refractivity contribution is -0.385. The van der Waals surface area contributed by atoms with Crippen molar-refractivity contribution in [2.45, 2.75) is 6.61 Å². The second-order valence-corrected chi connectivity index (χ2v) is 2.00. The van der Waals surface area contributed by atoms with Crippen molar-refractivity contribution < 1.29 is 10.0 Å². The molecule has 0 aromatic heterocycles. The van der Waals surface area contributed by atoms with Crippen LogP contribution in [0.15, 0.2) is 18.2 Å². The molecule has 0 atom stereocenters. The molecule has 0 fully saturated rings. The minimum Gasteiger partial charge on any atom is -0.392 e. The van der Waals surface area contributed by atoms with E-state index in [2.05, 4.69) is 6.07 Å². The summed E-state index contributed by atoms with van der Waals surface area (Å²) in [6.45, 7) is -0.117. The van der Waals surface area contributed by atoms with E-state index in [-0.39, 0.29) is 12.3 Å². The first-order valence-corrected chi connectivity index (χ1v) is 3.00. The number of rotatable bonds is 2. The number of nitro groups is 1. The van der Waals surface area contributed by atoms with Crippen molar-refractivity contribution in [3.63, 3.8) is 0 Å². The van der Waals surface area contributed by atoms with Crippen LogP contribution in [0.4, 0.5) is 5.69 Å². The van der Waals surface area contributed by atoms with Gasteiger partial charge in [-0.25, -0.2) is 0 Å². The Morgan fingerprint density at radius 3 is 2.73 bits per heavy atom. The van der Waals surface area contributed by atoms with Crippen LogP contribution in [0.1, 0.15) is 5.56 Å². The van der Waals surface area contributed by atoms with Gasteiger partial charge >= 0.3 is 0 Å². The summed E-state index contributed by atoms with van der Waals surface area (Å²) in [7, 11) is 0. The molecule has 11 heavy (non-hydrogen) atoms. The highest BCUT2D eigenvalue weighted by atomic mass is 16.6. The fourth-order valence-corrected chi connectivity index (χ4v) is 0.661. The van der Waals surface area contributed by atoms with Crippen LogP contribution >= 0.6 is 0 Å². The van der Waals surface area contributed by atoms with E-state index in [4.69, 9.17) is 5.11 Å². The van der Waals surface area contributed by atoms with E-state index >= 15 is 0 Å². The predicted molar refractivity (Wildman–Crippen MR) is 37.9 cm³/mol. The molecule has 1 radical (unpaired) electrons. The Hall–Kier alpha value is -1.42. The van der Waals surface area contributed by atoms with E-state index in [0.717, 1.165) is 0 Å². The molecule has 0 unspecified atom stereocenters. The molecule has 1 rings (SSSR count). The van der Waals surface area contributed by atoms with Gasteiger partial charge < -0.3 is 5.11 Å². The molecule has 57 valence electrons. The summed E-state index contributed by atoms with van der Waals surface area (Å²) < 4.78 is 0. The van der Waals surface area contributed by atoms with Crippen molar-refractivity contribution in [1.29, 1.82) is 0 Å². The van der Waals surface area contributed by atoms with Gasteiger partial charge in [0, 0.05) is 6.07 Å². The summed E-state index contributed by atoms with van der Waals surface area (Å²) in [6, 6.07) is 6.63. The topological polar surface area (TPSA) is 63.4 Å². The molecule has 0 aliphatic carbocycles. The Bertz CT molecular complexity index is 255. The molecule has 4 nitrogen and oxygen atoms in total. The normalized spacial score (nSPS) is 9.55. The number of hydrogen-bond donors (Lipinski definition) is 1. The number of non-ortho nitro benzene ring substituents is 1. The zero-order valence-corrected chi connectivity index (χ0v) is 5.65. The van der Waals surface area contributed by atoms with E-state index < -0.39 is 4.92 Å². The van der Waals surface area contributed by atoms with E-state index in [1.54, 1.807) is 0 Å². The van der Waals surface area contributed by atoms with Gasteiger partial charge in [0.15, 0.2) is 0 Å². The first-order chi connectivity index (χ1) is 5.24. The number of aliphatic hydroxyl groups is 1. The lowest BCUT2D eigenvalue weighted by Crippen LogP contribution is -1.88. The molecule has 4 heteroatoms. The Balaban J connectivity index is 2.91. The molecular formula is C7H6NO3. The third-order valence-electron chi connectivity index (χ3n) is 1.24. The quantitative estimate of drug-likeness (QED) is 0.505. The molecule has 1 N–H and O–H groups in total. The van der Waals surface area contributed by atoms with Gasteiger partial charge in [-0.05, 0) is 17.7 Å². The molecular weight excluding hydrogens is 146 g/mol. The van der Waals surface area contributed by atoms with Crippen molar-refractivity contribution in [3.05, 3.63) is 39.9 Å². The Kier molecular flexibility index (Phi) is 2.18. The van der Waals surface area contributed by atoms with Crippen LogP contribution in [0.5, 0.6) is 0 Å². The molecule has 0 amide bonds. The van der Waals surface area contributed by atoms with E-state index in [0.29, 0.717) is 5.56 Å². The van der Waals surface area contributed by atoms with Gasteiger partial charge in [0.2, 0.25) is 0 Å². The van der Waals surface area contributed by atoms with Crippen molar-refractivity contribution >= 4 is 5.69 Å². The van der Waals surface area contributed by atoms with Crippen LogP contribution in [0.2, 0.25) is 0 Å². The SMILES string of the molecule is O=[N+]([O-])c1[c]cc(CO)cc1. The molecule has 0 heterocycles. The van der Waals surface area contributed by atoms with Crippen LogP contribution in [-0.4, -0.2) is 10.0 Å². The summed E-state index contributed by atoms with van der Waals surface area (Å²) in [4.78, 5) is 9.59. The van der Waals surface area contributed by atoms with Crippen molar-refractivity contribution in [3.8, 4) is 0 Å². The summed E-state index contributed by atoms with van der Waals surface area (Å²) in [5.74, 6) is 0. The lowest BCUT2D eigenvalue weighted by Gasteiger charge is -1.92. The molecule has 0 spiro atoms. The van der Waals surface area contributed by atoms with Crippen molar-refractivity contribution in [1.82, 2.24) is 0 Å². The first-order valence-electron chi connectivity index (χ1n) is 3.00. The Morgan fingerprint density at radius 1 is 1.64 bits per heavy atom. The number of nitrogens with zero attached hydrogens (tertiary/aromatic N) is 1. The lowest BCUT2D eigenvalue weighted by atomic mass is 10.2. The summed E-state index contributed by atoms with van der Waals surface area (Å²) in [5.41, 5.74) is 0.540. The Labute approximate surface area is 63.2 Å². The molecule has 0 aliphatic rings. The van der Waals surface area contributed by atoms with Crippen LogP contribution in [0.25, 0.3) is 0 Å². The Morgan fingerprint density at radius 2 is 2.36 bits per heavy atom. The third-order valence-corrected chi connectivity index (χ3v) is 1.24. The van der Waals surface area contributed by atoms with Gasteiger partial charge in [-0.15, -0.1) is 0 Å².